The molecule has 0 amide bonds. The maximum atomic E-state index is 9.28. The topological polar surface area (TPSA) is 125 Å². The summed E-state index contributed by atoms with van der Waals surface area (Å²) >= 11 is 0. The summed E-state index contributed by atoms with van der Waals surface area (Å²) in [5.74, 6) is 4.73. The monoisotopic (exact) mass is 195 g/mol. The Kier molecular flexibility index (Phi) is 3.56. The molecule has 0 unspecified atom stereocenters. The van der Waals surface area contributed by atoms with Crippen molar-refractivity contribution in [2.75, 3.05) is 6.61 Å². The molecule has 0 saturated carbocycles. The fourth-order valence-corrected chi connectivity index (χ4v) is 1.16. The Morgan fingerprint density at radius 1 is 1.08 bits per heavy atom. The SMILES string of the molecule is NOC[C@H]1O[C@@H](O)[C@H](O)[C@@H](O)[C@@H]1O. The largest absolute Gasteiger partial charge is 0.387 e. The van der Waals surface area contributed by atoms with Crippen molar-refractivity contribution in [3.05, 3.63) is 0 Å². The highest BCUT2D eigenvalue weighted by molar-refractivity contribution is 4.88. The maximum Gasteiger partial charge on any atom is 0.184 e. The number of rotatable bonds is 2. The number of hydrogen-bond donors (Lipinski definition) is 5. The Bertz CT molecular complexity index is 167. The summed E-state index contributed by atoms with van der Waals surface area (Å²) in [5.41, 5.74) is 0. The number of aliphatic hydroxyl groups is 4. The highest BCUT2D eigenvalue weighted by Gasteiger charge is 2.42. The van der Waals surface area contributed by atoms with Crippen LogP contribution in [0.15, 0.2) is 0 Å². The van der Waals surface area contributed by atoms with Gasteiger partial charge in [-0.2, -0.15) is 0 Å². The second-order valence-electron chi connectivity index (χ2n) is 2.87. The summed E-state index contributed by atoms with van der Waals surface area (Å²) in [5, 5.41) is 36.5. The van der Waals surface area contributed by atoms with Crippen LogP contribution in [0.5, 0.6) is 0 Å². The first kappa shape index (κ1) is 10.8. The minimum absolute atomic E-state index is 0.179. The Balaban J connectivity index is 2.59. The minimum Gasteiger partial charge on any atom is -0.387 e. The van der Waals surface area contributed by atoms with E-state index in [4.69, 9.17) is 20.8 Å². The normalized spacial score (nSPS) is 46.4. The van der Waals surface area contributed by atoms with E-state index in [1.54, 1.807) is 0 Å². The second kappa shape index (κ2) is 4.29. The van der Waals surface area contributed by atoms with Crippen molar-refractivity contribution in [3.63, 3.8) is 0 Å². The minimum atomic E-state index is -1.54. The second-order valence-corrected chi connectivity index (χ2v) is 2.87. The van der Waals surface area contributed by atoms with E-state index in [0.29, 0.717) is 0 Å². The van der Waals surface area contributed by atoms with Gasteiger partial charge in [-0.1, -0.05) is 0 Å². The molecule has 0 aromatic rings. The van der Waals surface area contributed by atoms with E-state index < -0.39 is 30.7 Å². The van der Waals surface area contributed by atoms with Crippen LogP contribution in [0.3, 0.4) is 0 Å². The molecule has 0 aliphatic carbocycles. The van der Waals surface area contributed by atoms with Gasteiger partial charge in [0.15, 0.2) is 6.29 Å². The van der Waals surface area contributed by atoms with Gasteiger partial charge in [-0.05, 0) is 0 Å². The zero-order valence-corrected chi connectivity index (χ0v) is 6.78. The number of hydrogen-bond acceptors (Lipinski definition) is 7. The average molecular weight is 195 g/mol. The van der Waals surface area contributed by atoms with E-state index in [-0.39, 0.29) is 6.61 Å². The van der Waals surface area contributed by atoms with Gasteiger partial charge in [0, 0.05) is 0 Å². The molecule has 1 heterocycles. The van der Waals surface area contributed by atoms with Crippen LogP contribution < -0.4 is 5.90 Å². The molecule has 78 valence electrons. The lowest BCUT2D eigenvalue weighted by atomic mass is 9.99. The van der Waals surface area contributed by atoms with Crippen LogP contribution in [-0.4, -0.2) is 57.7 Å². The fourth-order valence-electron chi connectivity index (χ4n) is 1.16. The molecule has 6 N–H and O–H groups in total. The standard InChI is InChI=1S/C6H13NO6/c7-12-1-2-3(8)4(9)5(10)6(11)13-2/h2-6,8-11H,1,7H2/t2-,3-,4+,5-,6-/m1/s1. The fraction of sp³-hybridized carbons (Fsp3) is 1.00. The van der Waals surface area contributed by atoms with Gasteiger partial charge in [-0.3, -0.25) is 0 Å². The average Bonchev–Trinajstić information content (AvgIpc) is 2.11. The van der Waals surface area contributed by atoms with E-state index in [9.17, 15) is 10.2 Å². The van der Waals surface area contributed by atoms with Crippen molar-refractivity contribution in [1.29, 1.82) is 0 Å². The third kappa shape index (κ3) is 2.15. The Labute approximate surface area is 74.3 Å². The molecule has 1 aliphatic rings. The lowest BCUT2D eigenvalue weighted by Gasteiger charge is -2.37. The molecule has 0 spiro atoms. The summed E-state index contributed by atoms with van der Waals surface area (Å²) in [6.45, 7) is -0.179. The third-order valence-corrected chi connectivity index (χ3v) is 1.95. The smallest absolute Gasteiger partial charge is 0.184 e. The molecule has 1 aliphatic heterocycles. The summed E-state index contributed by atoms with van der Waals surface area (Å²) in [4.78, 5) is 4.19. The zero-order valence-electron chi connectivity index (χ0n) is 6.78. The zero-order chi connectivity index (χ0) is 10.0. The molecular formula is C6H13NO6. The predicted octanol–water partition coefficient (Wildman–Crippen LogP) is -3.32. The van der Waals surface area contributed by atoms with Crippen molar-refractivity contribution < 1.29 is 30.0 Å². The molecule has 13 heavy (non-hydrogen) atoms. The van der Waals surface area contributed by atoms with Crippen molar-refractivity contribution in [3.8, 4) is 0 Å². The molecule has 1 fully saturated rings. The van der Waals surface area contributed by atoms with E-state index in [2.05, 4.69) is 4.84 Å². The van der Waals surface area contributed by atoms with Gasteiger partial charge >= 0.3 is 0 Å². The van der Waals surface area contributed by atoms with Crippen LogP contribution in [0.25, 0.3) is 0 Å². The van der Waals surface area contributed by atoms with Crippen LogP contribution >= 0.6 is 0 Å². The Hall–Kier alpha value is -0.280. The van der Waals surface area contributed by atoms with Gasteiger partial charge in [0.25, 0.3) is 0 Å². The Morgan fingerprint density at radius 2 is 1.69 bits per heavy atom. The molecule has 0 radical (unpaired) electrons. The molecule has 0 aromatic heterocycles. The van der Waals surface area contributed by atoms with Crippen molar-refractivity contribution in [2.45, 2.75) is 30.7 Å². The molecule has 0 aromatic carbocycles. The van der Waals surface area contributed by atoms with Crippen LogP contribution in [0, 0.1) is 0 Å². The van der Waals surface area contributed by atoms with Gasteiger partial charge in [-0.15, -0.1) is 0 Å². The number of aliphatic hydroxyl groups excluding tert-OH is 4. The Morgan fingerprint density at radius 3 is 2.23 bits per heavy atom. The lowest BCUT2D eigenvalue weighted by Crippen LogP contribution is -2.58. The third-order valence-electron chi connectivity index (χ3n) is 1.95. The van der Waals surface area contributed by atoms with E-state index in [0.717, 1.165) is 0 Å². The van der Waals surface area contributed by atoms with Crippen molar-refractivity contribution in [2.24, 2.45) is 5.90 Å². The summed E-state index contributed by atoms with van der Waals surface area (Å²) in [6.07, 6.45) is -6.81. The van der Waals surface area contributed by atoms with E-state index in [1.807, 2.05) is 0 Å². The maximum absolute atomic E-state index is 9.28. The molecule has 5 atom stereocenters. The first-order chi connectivity index (χ1) is 6.07. The lowest BCUT2D eigenvalue weighted by molar-refractivity contribution is -0.288. The van der Waals surface area contributed by atoms with Crippen LogP contribution in [0.2, 0.25) is 0 Å². The number of ether oxygens (including phenoxy) is 1. The van der Waals surface area contributed by atoms with Gasteiger partial charge in [0.1, 0.15) is 24.4 Å². The van der Waals surface area contributed by atoms with E-state index >= 15 is 0 Å². The quantitative estimate of drug-likeness (QED) is 0.292. The van der Waals surface area contributed by atoms with Crippen LogP contribution in [0.4, 0.5) is 0 Å². The molecule has 1 rings (SSSR count). The highest BCUT2D eigenvalue weighted by atomic mass is 16.7. The molecule has 7 heteroatoms. The molecule has 7 nitrogen and oxygen atoms in total. The summed E-state index contributed by atoms with van der Waals surface area (Å²) in [7, 11) is 0. The first-order valence-electron chi connectivity index (χ1n) is 3.77. The van der Waals surface area contributed by atoms with Crippen molar-refractivity contribution in [1.82, 2.24) is 0 Å². The van der Waals surface area contributed by atoms with Gasteiger partial charge in [0.05, 0.1) is 6.61 Å². The first-order valence-corrected chi connectivity index (χ1v) is 3.77. The van der Waals surface area contributed by atoms with Gasteiger partial charge < -0.3 is 30.0 Å². The predicted molar refractivity (Wildman–Crippen MR) is 39.0 cm³/mol. The van der Waals surface area contributed by atoms with Gasteiger partial charge in [-0.25, -0.2) is 5.90 Å². The summed E-state index contributed by atoms with van der Waals surface area (Å²) in [6, 6.07) is 0. The van der Waals surface area contributed by atoms with Crippen molar-refractivity contribution >= 4 is 0 Å². The van der Waals surface area contributed by atoms with E-state index in [1.165, 1.54) is 0 Å². The molecule has 1 saturated heterocycles. The molecular weight excluding hydrogens is 182 g/mol. The van der Waals surface area contributed by atoms with Crippen LogP contribution in [0.1, 0.15) is 0 Å². The summed E-state index contributed by atoms with van der Waals surface area (Å²) < 4.78 is 4.71. The van der Waals surface area contributed by atoms with Crippen LogP contribution in [-0.2, 0) is 9.57 Å². The number of nitrogens with two attached hydrogens (primary N) is 1. The highest BCUT2D eigenvalue weighted by Crippen LogP contribution is 2.19. The van der Waals surface area contributed by atoms with Gasteiger partial charge in [0.2, 0.25) is 0 Å². The molecule has 0 bridgehead atoms.